The maximum atomic E-state index is 11.5. The Morgan fingerprint density at radius 2 is 2.00 bits per heavy atom. The number of carbonyl (C=O) groups is 1. The van der Waals surface area contributed by atoms with Crippen molar-refractivity contribution >= 4 is 11.7 Å². The summed E-state index contributed by atoms with van der Waals surface area (Å²) in [6.07, 6.45) is 3.47. The molecule has 1 aromatic rings. The monoisotopic (exact) mass is 265 g/mol. The summed E-state index contributed by atoms with van der Waals surface area (Å²) in [5.41, 5.74) is 0.868. The summed E-state index contributed by atoms with van der Waals surface area (Å²) in [5, 5.41) is 5.89. The molecule has 0 unspecified atom stereocenters. The summed E-state index contributed by atoms with van der Waals surface area (Å²) in [4.78, 5) is 22.2. The maximum absolute atomic E-state index is 11.5. The first-order valence-electron chi connectivity index (χ1n) is 6.73. The first-order chi connectivity index (χ1) is 9.19. The summed E-state index contributed by atoms with van der Waals surface area (Å²) >= 11 is 0. The van der Waals surface area contributed by atoms with Crippen LogP contribution in [-0.4, -0.2) is 47.0 Å². The second kappa shape index (κ2) is 8.42. The van der Waals surface area contributed by atoms with Gasteiger partial charge in [-0.15, -0.1) is 0 Å². The molecule has 0 spiro atoms. The van der Waals surface area contributed by atoms with E-state index in [0.717, 1.165) is 24.6 Å². The maximum Gasteiger partial charge on any atom is 0.234 e. The van der Waals surface area contributed by atoms with Gasteiger partial charge in [0.25, 0.3) is 0 Å². The molecule has 0 aromatic carbocycles. The van der Waals surface area contributed by atoms with E-state index in [9.17, 15) is 4.79 Å². The Labute approximate surface area is 114 Å². The van der Waals surface area contributed by atoms with Crippen molar-refractivity contribution in [2.75, 3.05) is 31.5 Å². The van der Waals surface area contributed by atoms with Crippen molar-refractivity contribution < 1.29 is 4.79 Å². The SMILES string of the molecule is CCNC(=O)CN(CC)Cc1cnc(NCC)cn1. The first-order valence-corrected chi connectivity index (χ1v) is 6.73. The van der Waals surface area contributed by atoms with Crippen LogP contribution in [0, 0.1) is 0 Å². The van der Waals surface area contributed by atoms with Crippen molar-refractivity contribution in [3.05, 3.63) is 18.1 Å². The fourth-order valence-corrected chi connectivity index (χ4v) is 1.67. The minimum atomic E-state index is 0.0431. The zero-order valence-corrected chi connectivity index (χ0v) is 11.9. The summed E-state index contributed by atoms with van der Waals surface area (Å²) in [6, 6.07) is 0. The van der Waals surface area contributed by atoms with Crippen molar-refractivity contribution in [3.63, 3.8) is 0 Å². The van der Waals surface area contributed by atoms with Crippen molar-refractivity contribution in [3.8, 4) is 0 Å². The highest BCUT2D eigenvalue weighted by atomic mass is 16.2. The van der Waals surface area contributed by atoms with Crippen molar-refractivity contribution in [1.29, 1.82) is 0 Å². The standard InChI is InChI=1S/C13H23N5O/c1-4-14-12-8-16-11(7-17-12)9-18(6-3)10-13(19)15-5-2/h7-8H,4-6,9-10H2,1-3H3,(H,14,17)(H,15,19). The number of hydrogen-bond acceptors (Lipinski definition) is 5. The van der Waals surface area contributed by atoms with Gasteiger partial charge in [0, 0.05) is 19.6 Å². The van der Waals surface area contributed by atoms with Gasteiger partial charge in [-0.25, -0.2) is 4.98 Å². The zero-order chi connectivity index (χ0) is 14.1. The number of amides is 1. The van der Waals surface area contributed by atoms with E-state index in [1.807, 2.05) is 25.7 Å². The molecule has 0 bridgehead atoms. The molecule has 6 nitrogen and oxygen atoms in total. The van der Waals surface area contributed by atoms with E-state index in [1.165, 1.54) is 0 Å². The van der Waals surface area contributed by atoms with E-state index < -0.39 is 0 Å². The van der Waals surface area contributed by atoms with Gasteiger partial charge in [0.1, 0.15) is 5.82 Å². The lowest BCUT2D eigenvalue weighted by Crippen LogP contribution is -2.36. The van der Waals surface area contributed by atoms with Gasteiger partial charge in [0.05, 0.1) is 24.6 Å². The average Bonchev–Trinajstić information content (AvgIpc) is 2.40. The van der Waals surface area contributed by atoms with Crippen LogP contribution in [0.5, 0.6) is 0 Å². The Hall–Kier alpha value is -1.69. The summed E-state index contributed by atoms with van der Waals surface area (Å²) in [6.45, 7) is 9.27. The third-order valence-electron chi connectivity index (χ3n) is 2.64. The van der Waals surface area contributed by atoms with Crippen LogP contribution in [0.1, 0.15) is 26.5 Å². The van der Waals surface area contributed by atoms with Crippen LogP contribution in [0.25, 0.3) is 0 Å². The molecule has 0 fully saturated rings. The molecule has 1 rings (SSSR count). The molecule has 1 heterocycles. The van der Waals surface area contributed by atoms with E-state index in [4.69, 9.17) is 0 Å². The summed E-state index contributed by atoms with van der Waals surface area (Å²) < 4.78 is 0. The summed E-state index contributed by atoms with van der Waals surface area (Å²) in [7, 11) is 0. The molecule has 0 saturated heterocycles. The minimum Gasteiger partial charge on any atom is -0.369 e. The van der Waals surface area contributed by atoms with Gasteiger partial charge in [-0.1, -0.05) is 6.92 Å². The smallest absolute Gasteiger partial charge is 0.234 e. The van der Waals surface area contributed by atoms with Crippen LogP contribution in [-0.2, 0) is 11.3 Å². The van der Waals surface area contributed by atoms with E-state index in [2.05, 4.69) is 20.6 Å². The molecular formula is C13H23N5O. The van der Waals surface area contributed by atoms with Crippen LogP contribution >= 0.6 is 0 Å². The number of carbonyl (C=O) groups excluding carboxylic acids is 1. The molecule has 106 valence electrons. The van der Waals surface area contributed by atoms with Crippen LogP contribution in [0.2, 0.25) is 0 Å². The molecule has 0 aliphatic heterocycles. The molecule has 0 radical (unpaired) electrons. The molecule has 0 aliphatic carbocycles. The Bertz CT molecular complexity index is 379. The zero-order valence-electron chi connectivity index (χ0n) is 11.9. The van der Waals surface area contributed by atoms with Gasteiger partial charge in [-0.2, -0.15) is 0 Å². The Morgan fingerprint density at radius 1 is 1.21 bits per heavy atom. The quantitative estimate of drug-likeness (QED) is 0.730. The number of likely N-dealkylation sites (N-methyl/N-ethyl adjacent to an activating group) is 2. The van der Waals surface area contributed by atoms with Gasteiger partial charge in [0.2, 0.25) is 5.91 Å². The van der Waals surface area contributed by atoms with Gasteiger partial charge >= 0.3 is 0 Å². The fourth-order valence-electron chi connectivity index (χ4n) is 1.67. The number of nitrogens with one attached hydrogen (secondary N) is 2. The highest BCUT2D eigenvalue weighted by molar-refractivity contribution is 5.77. The van der Waals surface area contributed by atoms with Gasteiger partial charge in [-0.3, -0.25) is 14.7 Å². The molecule has 6 heteroatoms. The number of anilines is 1. The number of hydrogen-bond donors (Lipinski definition) is 2. The molecule has 1 aromatic heterocycles. The molecular weight excluding hydrogens is 242 g/mol. The van der Waals surface area contributed by atoms with Crippen molar-refractivity contribution in [2.24, 2.45) is 0 Å². The number of aromatic nitrogens is 2. The molecule has 0 saturated carbocycles. The predicted octanol–water partition coefficient (Wildman–Crippen LogP) is 0.866. The average molecular weight is 265 g/mol. The Balaban J connectivity index is 2.52. The van der Waals surface area contributed by atoms with E-state index >= 15 is 0 Å². The predicted molar refractivity (Wildman–Crippen MR) is 75.8 cm³/mol. The molecule has 1 amide bonds. The third-order valence-corrected chi connectivity index (χ3v) is 2.64. The lowest BCUT2D eigenvalue weighted by molar-refractivity contribution is -0.122. The number of rotatable bonds is 8. The van der Waals surface area contributed by atoms with Crippen LogP contribution in [0.15, 0.2) is 12.4 Å². The second-order valence-corrected chi connectivity index (χ2v) is 4.18. The molecule has 19 heavy (non-hydrogen) atoms. The van der Waals surface area contributed by atoms with E-state index in [1.54, 1.807) is 12.4 Å². The van der Waals surface area contributed by atoms with Crippen molar-refractivity contribution in [1.82, 2.24) is 20.2 Å². The van der Waals surface area contributed by atoms with Crippen LogP contribution < -0.4 is 10.6 Å². The lowest BCUT2D eigenvalue weighted by Gasteiger charge is -2.19. The highest BCUT2D eigenvalue weighted by Crippen LogP contribution is 2.03. The highest BCUT2D eigenvalue weighted by Gasteiger charge is 2.09. The first kappa shape index (κ1) is 15.4. The van der Waals surface area contributed by atoms with E-state index in [-0.39, 0.29) is 5.91 Å². The van der Waals surface area contributed by atoms with Crippen LogP contribution in [0.3, 0.4) is 0 Å². The van der Waals surface area contributed by atoms with Crippen LogP contribution in [0.4, 0.5) is 5.82 Å². The Kier molecular flexibility index (Phi) is 6.81. The third kappa shape index (κ3) is 5.65. The minimum absolute atomic E-state index is 0.0431. The molecule has 0 atom stereocenters. The molecule has 2 N–H and O–H groups in total. The topological polar surface area (TPSA) is 70.2 Å². The van der Waals surface area contributed by atoms with Gasteiger partial charge < -0.3 is 10.6 Å². The lowest BCUT2D eigenvalue weighted by atomic mass is 10.3. The van der Waals surface area contributed by atoms with Gasteiger partial charge in [0.15, 0.2) is 0 Å². The van der Waals surface area contributed by atoms with E-state index in [0.29, 0.717) is 19.6 Å². The van der Waals surface area contributed by atoms with Gasteiger partial charge in [-0.05, 0) is 20.4 Å². The largest absolute Gasteiger partial charge is 0.369 e. The normalized spacial score (nSPS) is 10.5. The second-order valence-electron chi connectivity index (χ2n) is 4.18. The number of nitrogens with zero attached hydrogens (tertiary/aromatic N) is 3. The Morgan fingerprint density at radius 3 is 2.53 bits per heavy atom. The fraction of sp³-hybridized carbons (Fsp3) is 0.615. The van der Waals surface area contributed by atoms with Crippen molar-refractivity contribution in [2.45, 2.75) is 27.3 Å². The summed E-state index contributed by atoms with van der Waals surface area (Å²) in [5.74, 6) is 0.819. The molecule has 0 aliphatic rings.